The van der Waals surface area contributed by atoms with Crippen molar-refractivity contribution in [3.8, 4) is 0 Å². The molecule has 0 unspecified atom stereocenters. The zero-order valence-electron chi connectivity index (χ0n) is 25.1. The standard InChI is InChI=1S/C13H22N2.C7H14.C5H10.3C2H6/c1-3-11(2)15-13(9-6-10-14)12-7-4-5-8-12;1-4-5-6-7(2)3;1-3-5-4-2;3*1-2/h3,6,10,15H,4-5,7-9,14H2,1-2H3;5-7H,4H2,1-3H3;3,5H,4H2,1-2H3;3*1-2H3/b10-6-,11-3+;6-5-;5-3-;;;. The molecule has 0 aromatic carbocycles. The van der Waals surface area contributed by atoms with Gasteiger partial charge in [-0.25, -0.2) is 0 Å². The summed E-state index contributed by atoms with van der Waals surface area (Å²) in [6, 6.07) is 0. The first-order chi connectivity index (χ1) is 16.0. The molecule has 0 aromatic heterocycles. The average Bonchev–Trinajstić information content (AvgIpc) is 3.40. The minimum atomic E-state index is 0.722. The maximum absolute atomic E-state index is 5.39. The molecule has 2 nitrogen and oxygen atoms in total. The Labute approximate surface area is 211 Å². The van der Waals surface area contributed by atoms with Crippen molar-refractivity contribution in [1.82, 2.24) is 5.32 Å². The van der Waals surface area contributed by atoms with Gasteiger partial charge in [0.1, 0.15) is 0 Å². The maximum atomic E-state index is 5.39. The summed E-state index contributed by atoms with van der Waals surface area (Å²) in [6.45, 7) is 26.8. The van der Waals surface area contributed by atoms with Gasteiger partial charge < -0.3 is 11.1 Å². The van der Waals surface area contributed by atoms with Gasteiger partial charge in [0, 0.05) is 17.8 Å². The van der Waals surface area contributed by atoms with Crippen LogP contribution in [0, 0.1) is 5.92 Å². The van der Waals surface area contributed by atoms with Crippen LogP contribution in [0.4, 0.5) is 0 Å². The van der Waals surface area contributed by atoms with Crippen LogP contribution >= 0.6 is 0 Å². The van der Waals surface area contributed by atoms with Crippen molar-refractivity contribution in [2.24, 2.45) is 11.7 Å². The van der Waals surface area contributed by atoms with Crippen LogP contribution < -0.4 is 11.1 Å². The topological polar surface area (TPSA) is 38.0 Å². The molecule has 0 atom stereocenters. The number of rotatable bonds is 7. The lowest BCUT2D eigenvalue weighted by Crippen LogP contribution is -2.12. The minimum Gasteiger partial charge on any atom is -0.405 e. The third-order valence-corrected chi connectivity index (χ3v) is 4.10. The van der Waals surface area contributed by atoms with Gasteiger partial charge in [-0.2, -0.15) is 0 Å². The molecule has 0 aromatic rings. The third kappa shape index (κ3) is 37.9. The number of hydrogen-bond acceptors (Lipinski definition) is 2. The second-order valence-corrected chi connectivity index (χ2v) is 7.08. The molecule has 1 aliphatic rings. The van der Waals surface area contributed by atoms with Gasteiger partial charge in [0.05, 0.1) is 0 Å². The van der Waals surface area contributed by atoms with Crippen molar-refractivity contribution in [3.63, 3.8) is 0 Å². The monoisotopic (exact) mass is 465 g/mol. The lowest BCUT2D eigenvalue weighted by atomic mass is 10.1. The van der Waals surface area contributed by atoms with Gasteiger partial charge >= 0.3 is 0 Å². The molecule has 0 amide bonds. The Morgan fingerprint density at radius 1 is 0.879 bits per heavy atom. The molecule has 1 aliphatic carbocycles. The molecule has 0 saturated heterocycles. The maximum Gasteiger partial charge on any atom is 0.0179 e. The minimum absolute atomic E-state index is 0.722. The fourth-order valence-electron chi connectivity index (χ4n) is 2.53. The predicted molar refractivity (Wildman–Crippen MR) is 159 cm³/mol. The van der Waals surface area contributed by atoms with Gasteiger partial charge in [-0.15, -0.1) is 0 Å². The Bertz CT molecular complexity index is 469. The Morgan fingerprint density at radius 2 is 1.36 bits per heavy atom. The molecule has 1 rings (SSSR count). The van der Waals surface area contributed by atoms with E-state index in [1.165, 1.54) is 37.1 Å². The highest BCUT2D eigenvalue weighted by atomic mass is 14.9. The first-order valence-electron chi connectivity index (χ1n) is 13.7. The second-order valence-electron chi connectivity index (χ2n) is 7.08. The Hall–Kier alpha value is -1.70. The molecule has 2 heteroatoms. The molecule has 33 heavy (non-hydrogen) atoms. The van der Waals surface area contributed by atoms with Gasteiger partial charge in [0.2, 0.25) is 0 Å². The van der Waals surface area contributed by atoms with Gasteiger partial charge in [-0.3, -0.25) is 0 Å². The van der Waals surface area contributed by atoms with Crippen LogP contribution in [0.25, 0.3) is 0 Å². The Kier molecular flexibility index (Phi) is 51.2. The lowest BCUT2D eigenvalue weighted by Gasteiger charge is -2.13. The summed E-state index contributed by atoms with van der Waals surface area (Å²) in [6.07, 6.45) is 22.8. The van der Waals surface area contributed by atoms with E-state index < -0.39 is 0 Å². The molecule has 1 fully saturated rings. The zero-order valence-corrected chi connectivity index (χ0v) is 25.1. The van der Waals surface area contributed by atoms with E-state index in [4.69, 9.17) is 5.73 Å². The highest BCUT2D eigenvalue weighted by molar-refractivity contribution is 5.21. The third-order valence-electron chi connectivity index (χ3n) is 4.10. The highest BCUT2D eigenvalue weighted by Crippen LogP contribution is 2.27. The van der Waals surface area contributed by atoms with Gasteiger partial charge in [-0.05, 0) is 71.4 Å². The molecule has 1 saturated carbocycles. The van der Waals surface area contributed by atoms with Crippen molar-refractivity contribution in [1.29, 1.82) is 0 Å². The number of nitrogens with two attached hydrogens (primary N) is 1. The van der Waals surface area contributed by atoms with E-state index in [2.05, 4.69) is 77.2 Å². The van der Waals surface area contributed by atoms with E-state index in [1.807, 2.05) is 54.5 Å². The van der Waals surface area contributed by atoms with E-state index in [-0.39, 0.29) is 0 Å². The summed E-state index contributed by atoms with van der Waals surface area (Å²) in [5, 5.41) is 3.48. The number of nitrogens with one attached hydrogen (secondary N) is 1. The molecule has 0 radical (unpaired) electrons. The van der Waals surface area contributed by atoms with E-state index in [1.54, 1.807) is 11.8 Å². The number of allylic oxidation sites excluding steroid dienone is 8. The summed E-state index contributed by atoms with van der Waals surface area (Å²) in [7, 11) is 0. The Balaban J connectivity index is -0.000000122. The van der Waals surface area contributed by atoms with Crippen molar-refractivity contribution in [3.05, 3.63) is 59.6 Å². The SMILES string of the molecule is C/C=C(\C)NC(C/C=C\N)=C1CCCC1.C/C=C\CC.CC.CC.CC.CC/C=C\C(C)C. The molecule has 0 bridgehead atoms. The van der Waals surface area contributed by atoms with E-state index in [0.29, 0.717) is 0 Å². The van der Waals surface area contributed by atoms with Crippen molar-refractivity contribution < 1.29 is 0 Å². The summed E-state index contributed by atoms with van der Waals surface area (Å²) < 4.78 is 0. The zero-order chi connectivity index (χ0) is 26.9. The van der Waals surface area contributed by atoms with Crippen molar-refractivity contribution >= 4 is 0 Å². The summed E-state index contributed by atoms with van der Waals surface area (Å²) in [4.78, 5) is 0. The first-order valence-corrected chi connectivity index (χ1v) is 13.7. The van der Waals surface area contributed by atoms with Crippen LogP contribution in [0.1, 0.15) is 135 Å². The van der Waals surface area contributed by atoms with Gasteiger partial charge in [-0.1, -0.05) is 111 Å². The fraction of sp³-hybridized carbons (Fsp3) is 0.677. The largest absolute Gasteiger partial charge is 0.405 e. The number of hydrogen-bond donors (Lipinski definition) is 2. The molecule has 0 aliphatic heterocycles. The van der Waals surface area contributed by atoms with Gasteiger partial charge in [0.15, 0.2) is 0 Å². The summed E-state index contributed by atoms with van der Waals surface area (Å²) in [5.41, 5.74) is 9.54. The van der Waals surface area contributed by atoms with Crippen LogP contribution in [-0.2, 0) is 0 Å². The lowest BCUT2D eigenvalue weighted by molar-refractivity contribution is 0.826. The molecule has 0 heterocycles. The van der Waals surface area contributed by atoms with E-state index >= 15 is 0 Å². The van der Waals surface area contributed by atoms with Crippen LogP contribution in [0.3, 0.4) is 0 Å². The molecule has 198 valence electrons. The van der Waals surface area contributed by atoms with E-state index in [0.717, 1.165) is 25.2 Å². The highest BCUT2D eigenvalue weighted by Gasteiger charge is 2.11. The normalized spacial score (nSPS) is 12.4. The first kappa shape index (κ1) is 41.5. The molecule has 0 spiro atoms. The average molecular weight is 465 g/mol. The summed E-state index contributed by atoms with van der Waals surface area (Å²) in [5.74, 6) is 0.722. The molecule has 3 N–H and O–H groups in total. The van der Waals surface area contributed by atoms with Crippen molar-refractivity contribution in [2.75, 3.05) is 0 Å². The van der Waals surface area contributed by atoms with Crippen LogP contribution in [-0.4, -0.2) is 0 Å². The predicted octanol–water partition coefficient (Wildman–Crippen LogP) is 10.8. The smallest absolute Gasteiger partial charge is 0.0179 e. The quantitative estimate of drug-likeness (QED) is 0.367. The van der Waals surface area contributed by atoms with Crippen LogP contribution in [0.5, 0.6) is 0 Å². The second kappa shape index (κ2) is 40.6. The fourth-order valence-corrected chi connectivity index (χ4v) is 2.53. The molecular formula is C31H64N2. The van der Waals surface area contributed by atoms with Crippen molar-refractivity contribution in [2.45, 2.75) is 135 Å². The van der Waals surface area contributed by atoms with Crippen LogP contribution in [0.2, 0.25) is 0 Å². The van der Waals surface area contributed by atoms with Gasteiger partial charge in [0.25, 0.3) is 0 Å². The summed E-state index contributed by atoms with van der Waals surface area (Å²) >= 11 is 0. The Morgan fingerprint density at radius 3 is 1.64 bits per heavy atom. The van der Waals surface area contributed by atoms with E-state index in [9.17, 15) is 0 Å². The van der Waals surface area contributed by atoms with Crippen LogP contribution in [0.15, 0.2) is 59.6 Å². The molecular weight excluding hydrogens is 400 g/mol.